The van der Waals surface area contributed by atoms with Gasteiger partial charge in [-0.2, -0.15) is 0 Å². The normalized spacial score (nSPS) is 12.9. The van der Waals surface area contributed by atoms with Crippen LogP contribution in [-0.2, 0) is 14.8 Å². The molecule has 0 saturated heterocycles. The number of nitrogens with one attached hydrogen (secondary N) is 3. The second-order valence-corrected chi connectivity index (χ2v) is 6.27. The second kappa shape index (κ2) is 7.37. The zero-order valence-corrected chi connectivity index (χ0v) is 12.8. The fourth-order valence-corrected chi connectivity index (χ4v) is 2.70. The molecule has 0 bridgehead atoms. The number of para-hydroxylation sites is 1. The second-order valence-electron chi connectivity index (χ2n) is 4.41. The molecule has 1 aromatic carbocycles. The van der Waals surface area contributed by atoms with Gasteiger partial charge < -0.3 is 10.6 Å². The van der Waals surface area contributed by atoms with E-state index in [1.54, 1.807) is 18.2 Å². The molecule has 0 radical (unpaired) electrons. The van der Waals surface area contributed by atoms with Crippen molar-refractivity contribution < 1.29 is 13.2 Å². The Morgan fingerprint density at radius 1 is 1.30 bits per heavy atom. The number of sulfonamides is 1. The third kappa shape index (κ3) is 4.59. The summed E-state index contributed by atoms with van der Waals surface area (Å²) in [6, 6.07) is 6.35. The van der Waals surface area contributed by atoms with Gasteiger partial charge in [0.1, 0.15) is 4.90 Å². The molecule has 0 spiro atoms. The predicted molar refractivity (Wildman–Crippen MR) is 79.1 cm³/mol. The zero-order valence-electron chi connectivity index (χ0n) is 11.9. The molecule has 7 heteroatoms. The van der Waals surface area contributed by atoms with Crippen molar-refractivity contribution in [1.82, 2.24) is 10.0 Å². The minimum Gasteiger partial charge on any atom is -0.325 e. The molecule has 0 aliphatic carbocycles. The summed E-state index contributed by atoms with van der Waals surface area (Å²) in [6.45, 7) is 4.64. The lowest BCUT2D eigenvalue weighted by atomic mass is 10.2. The molecular weight excluding hydrogens is 278 g/mol. The fourth-order valence-electron chi connectivity index (χ4n) is 1.81. The van der Waals surface area contributed by atoms with E-state index >= 15 is 0 Å². The van der Waals surface area contributed by atoms with Crippen molar-refractivity contribution in [3.8, 4) is 0 Å². The van der Waals surface area contributed by atoms with Crippen molar-refractivity contribution in [2.75, 3.05) is 18.9 Å². The summed E-state index contributed by atoms with van der Waals surface area (Å²) in [7, 11) is -2.26. The summed E-state index contributed by atoms with van der Waals surface area (Å²) < 4.78 is 25.9. The maximum atomic E-state index is 11.9. The standard InChI is InChI=1S/C13H21N3O3S/c1-4-15-10(2)9-13(17)16-11-7-5-6-8-12(11)20(18,19)14-3/h5-8,10,14-15H,4,9H2,1-3H3,(H,16,17). The maximum Gasteiger partial charge on any atom is 0.242 e. The Kier molecular flexibility index (Phi) is 6.12. The number of hydrogen-bond acceptors (Lipinski definition) is 4. The molecule has 1 atom stereocenters. The van der Waals surface area contributed by atoms with Crippen LogP contribution >= 0.6 is 0 Å². The van der Waals surface area contributed by atoms with E-state index in [0.717, 1.165) is 6.54 Å². The first-order valence-corrected chi connectivity index (χ1v) is 7.94. The van der Waals surface area contributed by atoms with Crippen LogP contribution in [-0.4, -0.2) is 34.0 Å². The number of carbonyl (C=O) groups is 1. The van der Waals surface area contributed by atoms with Gasteiger partial charge in [-0.25, -0.2) is 13.1 Å². The molecule has 0 aliphatic rings. The number of anilines is 1. The van der Waals surface area contributed by atoms with Gasteiger partial charge in [-0.05, 0) is 32.6 Å². The van der Waals surface area contributed by atoms with Crippen molar-refractivity contribution in [1.29, 1.82) is 0 Å². The minimum atomic E-state index is -3.59. The van der Waals surface area contributed by atoms with Gasteiger partial charge in [0.15, 0.2) is 0 Å². The summed E-state index contributed by atoms with van der Waals surface area (Å²) in [5, 5.41) is 5.77. The lowest BCUT2D eigenvalue weighted by molar-refractivity contribution is -0.116. The number of hydrogen-bond donors (Lipinski definition) is 3. The Labute approximate surface area is 120 Å². The quantitative estimate of drug-likeness (QED) is 0.699. The summed E-state index contributed by atoms with van der Waals surface area (Å²) in [4.78, 5) is 12.0. The molecule has 1 unspecified atom stereocenters. The van der Waals surface area contributed by atoms with Crippen LogP contribution in [0.5, 0.6) is 0 Å². The van der Waals surface area contributed by atoms with Crippen LogP contribution < -0.4 is 15.4 Å². The predicted octanol–water partition coefficient (Wildman–Crippen LogP) is 0.921. The lowest BCUT2D eigenvalue weighted by Crippen LogP contribution is -2.30. The SMILES string of the molecule is CCNC(C)CC(=O)Nc1ccccc1S(=O)(=O)NC. The molecule has 0 aliphatic heterocycles. The number of benzene rings is 1. The van der Waals surface area contributed by atoms with E-state index in [1.807, 2.05) is 13.8 Å². The van der Waals surface area contributed by atoms with E-state index < -0.39 is 10.0 Å². The average Bonchev–Trinajstić information content (AvgIpc) is 2.39. The first kappa shape index (κ1) is 16.6. The molecule has 1 amide bonds. The molecular formula is C13H21N3O3S. The van der Waals surface area contributed by atoms with Crippen molar-refractivity contribution in [3.63, 3.8) is 0 Å². The smallest absolute Gasteiger partial charge is 0.242 e. The summed E-state index contributed by atoms with van der Waals surface area (Å²) in [5.41, 5.74) is 0.288. The van der Waals surface area contributed by atoms with E-state index in [0.29, 0.717) is 0 Å². The van der Waals surface area contributed by atoms with Crippen LogP contribution in [0.2, 0.25) is 0 Å². The van der Waals surface area contributed by atoms with E-state index in [4.69, 9.17) is 0 Å². The molecule has 0 heterocycles. The molecule has 0 saturated carbocycles. The summed E-state index contributed by atoms with van der Waals surface area (Å²) >= 11 is 0. The Bertz CT molecular complexity index is 558. The van der Waals surface area contributed by atoms with E-state index in [1.165, 1.54) is 13.1 Å². The van der Waals surface area contributed by atoms with Crippen LogP contribution in [0, 0.1) is 0 Å². The van der Waals surface area contributed by atoms with Crippen LogP contribution in [0.25, 0.3) is 0 Å². The molecule has 1 rings (SSSR count). The van der Waals surface area contributed by atoms with Gasteiger partial charge in [-0.15, -0.1) is 0 Å². The Balaban J connectivity index is 2.86. The highest BCUT2D eigenvalue weighted by atomic mass is 32.2. The Hall–Kier alpha value is -1.44. The van der Waals surface area contributed by atoms with E-state index in [2.05, 4.69) is 15.4 Å². The largest absolute Gasteiger partial charge is 0.325 e. The third-order valence-corrected chi connectivity index (χ3v) is 4.24. The number of carbonyl (C=O) groups excluding carboxylic acids is 1. The lowest BCUT2D eigenvalue weighted by Gasteiger charge is -2.14. The number of amides is 1. The molecule has 6 nitrogen and oxygen atoms in total. The Morgan fingerprint density at radius 3 is 2.55 bits per heavy atom. The average molecular weight is 299 g/mol. The first-order valence-electron chi connectivity index (χ1n) is 6.46. The van der Waals surface area contributed by atoms with Gasteiger partial charge in [0.2, 0.25) is 15.9 Å². The van der Waals surface area contributed by atoms with Crippen LogP contribution in [0.3, 0.4) is 0 Å². The van der Waals surface area contributed by atoms with Crippen molar-refractivity contribution in [2.24, 2.45) is 0 Å². The van der Waals surface area contributed by atoms with Gasteiger partial charge in [0, 0.05) is 12.5 Å². The van der Waals surface area contributed by atoms with Crippen molar-refractivity contribution in [2.45, 2.75) is 31.2 Å². The van der Waals surface area contributed by atoms with E-state index in [-0.39, 0.29) is 29.0 Å². The van der Waals surface area contributed by atoms with Crippen LogP contribution in [0.4, 0.5) is 5.69 Å². The van der Waals surface area contributed by atoms with Gasteiger partial charge in [-0.3, -0.25) is 4.79 Å². The zero-order chi connectivity index (χ0) is 15.2. The molecule has 0 aromatic heterocycles. The van der Waals surface area contributed by atoms with Crippen molar-refractivity contribution >= 4 is 21.6 Å². The first-order chi connectivity index (χ1) is 9.40. The maximum absolute atomic E-state index is 11.9. The van der Waals surface area contributed by atoms with Gasteiger partial charge in [-0.1, -0.05) is 19.1 Å². The highest BCUT2D eigenvalue weighted by Crippen LogP contribution is 2.20. The van der Waals surface area contributed by atoms with Crippen LogP contribution in [0.1, 0.15) is 20.3 Å². The Morgan fingerprint density at radius 2 is 1.95 bits per heavy atom. The molecule has 112 valence electrons. The van der Waals surface area contributed by atoms with Gasteiger partial charge in [0.25, 0.3) is 0 Å². The summed E-state index contributed by atoms with van der Waals surface area (Å²) in [6.07, 6.45) is 0.280. The van der Waals surface area contributed by atoms with Crippen LogP contribution in [0.15, 0.2) is 29.2 Å². The monoisotopic (exact) mass is 299 g/mol. The molecule has 20 heavy (non-hydrogen) atoms. The fraction of sp³-hybridized carbons (Fsp3) is 0.462. The highest BCUT2D eigenvalue weighted by Gasteiger charge is 2.18. The topological polar surface area (TPSA) is 87.3 Å². The summed E-state index contributed by atoms with van der Waals surface area (Å²) in [5.74, 6) is -0.225. The van der Waals surface area contributed by atoms with Gasteiger partial charge >= 0.3 is 0 Å². The molecule has 1 aromatic rings. The van der Waals surface area contributed by atoms with Crippen molar-refractivity contribution in [3.05, 3.63) is 24.3 Å². The molecule has 0 fully saturated rings. The molecule has 3 N–H and O–H groups in total. The van der Waals surface area contributed by atoms with E-state index in [9.17, 15) is 13.2 Å². The third-order valence-electron chi connectivity index (χ3n) is 2.76. The minimum absolute atomic E-state index is 0.0352. The van der Waals surface area contributed by atoms with Gasteiger partial charge in [0.05, 0.1) is 5.69 Å². The number of rotatable bonds is 7. The highest BCUT2D eigenvalue weighted by molar-refractivity contribution is 7.89.